The summed E-state index contributed by atoms with van der Waals surface area (Å²) in [5.41, 5.74) is 10.1. The van der Waals surface area contributed by atoms with E-state index < -0.39 is 23.9 Å². The van der Waals surface area contributed by atoms with Crippen molar-refractivity contribution in [2.24, 2.45) is 10.1 Å². The summed E-state index contributed by atoms with van der Waals surface area (Å²) in [5, 5.41) is 18.3. The molecule has 410 valence electrons. The lowest BCUT2D eigenvalue weighted by Crippen LogP contribution is -2.50. The molecule has 5 aromatic carbocycles. The van der Waals surface area contributed by atoms with E-state index in [1.165, 1.54) is 28.1 Å². The molecule has 0 fully saturated rings. The van der Waals surface area contributed by atoms with Gasteiger partial charge in [-0.25, -0.2) is 0 Å². The summed E-state index contributed by atoms with van der Waals surface area (Å²) >= 11 is 0. The number of hydrogen-bond donors (Lipinski definition) is 6. The number of aliphatic imine (C=N–C) groups is 1. The monoisotopic (exact) mass is 1070 g/mol. The van der Waals surface area contributed by atoms with Gasteiger partial charge in [-0.2, -0.15) is 5.10 Å². The van der Waals surface area contributed by atoms with Crippen molar-refractivity contribution in [1.82, 2.24) is 21.4 Å². The molecule has 0 unspecified atom stereocenters. The summed E-state index contributed by atoms with van der Waals surface area (Å²) in [6.45, 7) is 5.66. The third kappa shape index (κ3) is 12.6. The van der Waals surface area contributed by atoms with Crippen LogP contribution in [0.1, 0.15) is 89.4 Å². The molecule has 9 rings (SSSR count). The zero-order valence-corrected chi connectivity index (χ0v) is 44.7. The molecule has 6 N–H and O–H groups in total. The van der Waals surface area contributed by atoms with E-state index in [-0.39, 0.29) is 61.8 Å². The fraction of sp³-hybridized carbons (Fsp3) is 0.322. The maximum atomic E-state index is 14.1. The van der Waals surface area contributed by atoms with Gasteiger partial charge in [-0.15, -0.1) is 0 Å². The molecule has 0 radical (unpaired) electrons. The van der Waals surface area contributed by atoms with E-state index in [9.17, 15) is 28.8 Å². The summed E-state index contributed by atoms with van der Waals surface area (Å²) < 4.78 is 24.5. The molecule has 5 aromatic rings. The number of hydrazone groups is 1. The Morgan fingerprint density at radius 2 is 1.35 bits per heavy atom. The van der Waals surface area contributed by atoms with E-state index in [0.29, 0.717) is 94.7 Å². The largest absolute Gasteiger partial charge is 0.493 e. The zero-order valence-electron chi connectivity index (χ0n) is 44.7. The van der Waals surface area contributed by atoms with Crippen LogP contribution in [-0.4, -0.2) is 99.3 Å². The van der Waals surface area contributed by atoms with Gasteiger partial charge in [0, 0.05) is 80.2 Å². The topological polar surface area (TPSA) is 243 Å². The summed E-state index contributed by atoms with van der Waals surface area (Å²) in [5.74, 6) is -0.595. The first-order valence-electron chi connectivity index (χ1n) is 26.3. The fourth-order valence-electron chi connectivity index (χ4n) is 10.0. The normalized spacial score (nSPS) is 16.4. The lowest BCUT2D eigenvalue weighted by Gasteiger charge is -2.22. The Bertz CT molecular complexity index is 3250. The van der Waals surface area contributed by atoms with Gasteiger partial charge in [0.15, 0.2) is 23.0 Å². The van der Waals surface area contributed by atoms with Gasteiger partial charge in [0.05, 0.1) is 48.8 Å². The van der Waals surface area contributed by atoms with Crippen LogP contribution in [0.3, 0.4) is 0 Å². The van der Waals surface area contributed by atoms with Gasteiger partial charge < -0.3 is 50.4 Å². The Kier molecular flexibility index (Phi) is 17.2. The minimum atomic E-state index is -1.03. The van der Waals surface area contributed by atoms with Crippen molar-refractivity contribution < 1.29 is 47.7 Å². The zero-order chi connectivity index (χ0) is 55.6. The van der Waals surface area contributed by atoms with Crippen LogP contribution >= 0.6 is 0 Å². The smallest absolute Gasteiger partial charge is 0.261 e. The molecule has 0 saturated carbocycles. The summed E-state index contributed by atoms with van der Waals surface area (Å²) in [7, 11) is 3.00. The Balaban J connectivity index is 0.880. The Hall–Kier alpha value is -9.20. The minimum Gasteiger partial charge on any atom is -0.493 e. The predicted octanol–water partition coefficient (Wildman–Crippen LogP) is 6.88. The molecule has 20 nitrogen and oxygen atoms in total. The number of nitrogens with one attached hydrogen (secondary N) is 6. The third-order valence-corrected chi connectivity index (χ3v) is 14.0. The molecular weight excluding hydrogens is 1010 g/mol. The summed E-state index contributed by atoms with van der Waals surface area (Å²) in [6.07, 6.45) is 9.35. The highest BCUT2D eigenvalue weighted by Gasteiger charge is 2.39. The van der Waals surface area contributed by atoms with Gasteiger partial charge in [0.2, 0.25) is 23.6 Å². The van der Waals surface area contributed by atoms with Crippen molar-refractivity contribution in [3.05, 3.63) is 137 Å². The number of methoxy groups -OCH3 is 2. The van der Waals surface area contributed by atoms with E-state index in [1.54, 1.807) is 72.9 Å². The summed E-state index contributed by atoms with van der Waals surface area (Å²) in [4.78, 5) is 88.6. The minimum absolute atomic E-state index is 0.0105. The van der Waals surface area contributed by atoms with Crippen molar-refractivity contribution in [1.29, 1.82) is 0 Å². The standard InChI is InChI=1S/C59H64N10O10/c1-6-63-64-21-13-20-60-54(70)18-11-12-19-55(71)65-35(2)56(72)66-36(3)57(73)67-41-23-37(33-78-52-29-46-44(27-50(52)76-4)58(74)68-42(31-61-46)25-39-14-7-9-16-48(39)68)22-38(24-41)34-79-53-30-47-45(28-51(53)77-5)59(75)69-43(32-62-47)26-40-15-8-10-17-49(40)69/h6-10,13-17,21-24,27-31,35-36,42-43,62,64H,11-12,18-20,25-26,32-34H2,1-5H3,(H,60,70)(H,65,71)(H,66,72)(H,67,73)/b21-13+,63-6?/t35-,36-,42-,43-/m0/s1. The molecular formula is C59H64N10O10. The quantitative estimate of drug-likeness (QED) is 0.0236. The van der Waals surface area contributed by atoms with E-state index in [1.807, 2.05) is 59.5 Å². The molecule has 6 amide bonds. The van der Waals surface area contributed by atoms with Crippen molar-refractivity contribution in [2.75, 3.05) is 47.7 Å². The molecule has 4 heterocycles. The number of amides is 6. The third-order valence-electron chi connectivity index (χ3n) is 14.0. The Labute approximate surface area is 458 Å². The number of unbranched alkanes of at least 4 members (excludes halogenated alkanes) is 1. The second kappa shape index (κ2) is 24.9. The number of ether oxygens (including phenoxy) is 4. The van der Waals surface area contributed by atoms with E-state index >= 15 is 0 Å². The number of anilines is 4. The van der Waals surface area contributed by atoms with Crippen LogP contribution in [0.15, 0.2) is 113 Å². The molecule has 0 aliphatic carbocycles. The van der Waals surface area contributed by atoms with Crippen LogP contribution in [0.2, 0.25) is 0 Å². The number of rotatable bonds is 22. The first-order valence-corrected chi connectivity index (χ1v) is 26.3. The lowest BCUT2D eigenvalue weighted by atomic mass is 10.1. The van der Waals surface area contributed by atoms with Gasteiger partial charge in [0.1, 0.15) is 25.3 Å². The second-order valence-electron chi connectivity index (χ2n) is 19.5. The average molecular weight is 1070 g/mol. The van der Waals surface area contributed by atoms with E-state index in [2.05, 4.69) is 37.1 Å². The summed E-state index contributed by atoms with van der Waals surface area (Å²) in [6, 6.07) is 25.5. The van der Waals surface area contributed by atoms with Crippen LogP contribution in [-0.2, 0) is 45.2 Å². The molecule has 4 aliphatic rings. The Morgan fingerprint density at radius 3 is 2.05 bits per heavy atom. The Morgan fingerprint density at radius 1 is 0.734 bits per heavy atom. The van der Waals surface area contributed by atoms with Gasteiger partial charge in [-0.3, -0.25) is 44.1 Å². The second-order valence-corrected chi connectivity index (χ2v) is 19.5. The van der Waals surface area contributed by atoms with Crippen LogP contribution in [0, 0.1) is 0 Å². The first kappa shape index (κ1) is 54.6. The van der Waals surface area contributed by atoms with Gasteiger partial charge in [-0.05, 0) is 111 Å². The van der Waals surface area contributed by atoms with Crippen LogP contribution in [0.4, 0.5) is 28.4 Å². The van der Waals surface area contributed by atoms with E-state index in [4.69, 9.17) is 23.9 Å². The number of carbonyl (C=O) groups is 6. The molecule has 20 heteroatoms. The number of fused-ring (bicyclic) bond motifs is 8. The number of carbonyl (C=O) groups excluding carboxylic acids is 6. The SMILES string of the molecule is CC=NN/C=C/CNC(=O)CCCCC(=O)N[C@@H](C)C(=O)N[C@@H](C)C(=O)Nc1cc(COc2cc3c(cc2OC)C(=O)N2c4ccccc4C[C@H]2C=N3)cc(COc2cc3c(cc2OC)C(=O)N2c4ccccc4C[C@H]2CN3)c1. The van der Waals surface area contributed by atoms with Crippen molar-refractivity contribution in [2.45, 2.75) is 96.7 Å². The maximum Gasteiger partial charge on any atom is 0.261 e. The van der Waals surface area contributed by atoms with Crippen molar-refractivity contribution in [3.63, 3.8) is 0 Å². The number of para-hydroxylation sites is 2. The van der Waals surface area contributed by atoms with E-state index in [0.717, 1.165) is 28.9 Å². The molecule has 0 saturated heterocycles. The highest BCUT2D eigenvalue weighted by molar-refractivity contribution is 6.15. The molecule has 4 aliphatic heterocycles. The van der Waals surface area contributed by atoms with Crippen molar-refractivity contribution in [3.8, 4) is 23.0 Å². The van der Waals surface area contributed by atoms with Crippen LogP contribution in [0.5, 0.6) is 23.0 Å². The average Bonchev–Trinajstić information content (AvgIpc) is 4.21. The maximum absolute atomic E-state index is 14.1. The number of hydrogen-bond acceptors (Lipinski definition) is 14. The lowest BCUT2D eigenvalue weighted by molar-refractivity contribution is -0.130. The fourth-order valence-corrected chi connectivity index (χ4v) is 10.0. The molecule has 0 spiro atoms. The predicted molar refractivity (Wildman–Crippen MR) is 301 cm³/mol. The highest BCUT2D eigenvalue weighted by atomic mass is 16.5. The van der Waals surface area contributed by atoms with Crippen molar-refractivity contribution >= 4 is 76.3 Å². The van der Waals surface area contributed by atoms with Gasteiger partial charge >= 0.3 is 0 Å². The highest BCUT2D eigenvalue weighted by Crippen LogP contribution is 2.43. The first-order chi connectivity index (χ1) is 38.3. The van der Waals surface area contributed by atoms with Gasteiger partial charge in [-0.1, -0.05) is 36.4 Å². The number of benzene rings is 5. The molecule has 79 heavy (non-hydrogen) atoms. The number of nitrogens with zero attached hydrogens (tertiary/aromatic N) is 4. The van der Waals surface area contributed by atoms with Crippen LogP contribution < -0.4 is 60.8 Å². The molecule has 4 atom stereocenters. The molecule has 0 aromatic heterocycles. The molecule has 0 bridgehead atoms. The van der Waals surface area contributed by atoms with Gasteiger partial charge in [0.25, 0.3) is 11.8 Å². The van der Waals surface area contributed by atoms with Crippen LogP contribution in [0.25, 0.3) is 0 Å².